The van der Waals surface area contributed by atoms with Gasteiger partial charge in [-0.1, -0.05) is 28.6 Å². The van der Waals surface area contributed by atoms with E-state index in [4.69, 9.17) is 9.84 Å². The lowest BCUT2D eigenvalue weighted by molar-refractivity contribution is -0.137. The standard InChI is InChI=1S/C13H12BrN3O4/c1-2-5-21-13(20)15-12-9-4-3-8(14)6-10(9)17(16-12)7-11(18)19/h2-4,6H,1,5,7H2,(H,18,19)(H,15,16,20). The number of halogens is 1. The molecule has 1 amide bonds. The number of hydrogen-bond acceptors (Lipinski definition) is 4. The third-order valence-corrected chi connectivity index (χ3v) is 3.04. The van der Waals surface area contributed by atoms with Crippen molar-refractivity contribution in [2.75, 3.05) is 11.9 Å². The lowest BCUT2D eigenvalue weighted by Crippen LogP contribution is -2.15. The molecule has 0 saturated heterocycles. The Labute approximate surface area is 128 Å². The molecule has 0 radical (unpaired) electrons. The summed E-state index contributed by atoms with van der Waals surface area (Å²) in [6, 6.07) is 5.23. The lowest BCUT2D eigenvalue weighted by atomic mass is 10.2. The summed E-state index contributed by atoms with van der Waals surface area (Å²) < 4.78 is 6.89. The highest BCUT2D eigenvalue weighted by molar-refractivity contribution is 9.10. The molecule has 0 aliphatic heterocycles. The monoisotopic (exact) mass is 353 g/mol. The number of nitrogens with one attached hydrogen (secondary N) is 1. The van der Waals surface area contributed by atoms with Gasteiger partial charge in [0.2, 0.25) is 0 Å². The molecular weight excluding hydrogens is 342 g/mol. The molecule has 0 bridgehead atoms. The van der Waals surface area contributed by atoms with Crippen LogP contribution in [0, 0.1) is 0 Å². The zero-order chi connectivity index (χ0) is 15.4. The summed E-state index contributed by atoms with van der Waals surface area (Å²) in [5.74, 6) is -0.784. The van der Waals surface area contributed by atoms with Crippen molar-refractivity contribution in [1.82, 2.24) is 9.78 Å². The molecule has 0 atom stereocenters. The van der Waals surface area contributed by atoms with Crippen molar-refractivity contribution in [2.45, 2.75) is 6.54 Å². The molecule has 110 valence electrons. The van der Waals surface area contributed by atoms with Gasteiger partial charge in [-0.05, 0) is 18.2 Å². The highest BCUT2D eigenvalue weighted by Crippen LogP contribution is 2.26. The van der Waals surface area contributed by atoms with E-state index in [9.17, 15) is 9.59 Å². The van der Waals surface area contributed by atoms with Crippen molar-refractivity contribution < 1.29 is 19.4 Å². The fourth-order valence-corrected chi connectivity index (χ4v) is 2.10. The predicted molar refractivity (Wildman–Crippen MR) is 80.2 cm³/mol. The number of carbonyl (C=O) groups excluding carboxylic acids is 1. The third-order valence-electron chi connectivity index (χ3n) is 2.55. The van der Waals surface area contributed by atoms with Gasteiger partial charge < -0.3 is 9.84 Å². The minimum atomic E-state index is -1.03. The second kappa shape index (κ2) is 6.40. The Morgan fingerprint density at radius 2 is 2.29 bits per heavy atom. The van der Waals surface area contributed by atoms with Crippen LogP contribution in [0.25, 0.3) is 10.9 Å². The summed E-state index contributed by atoms with van der Waals surface area (Å²) in [7, 11) is 0. The minimum absolute atomic E-state index is 0.0746. The van der Waals surface area contributed by atoms with Gasteiger partial charge in [0.15, 0.2) is 5.82 Å². The Morgan fingerprint density at radius 1 is 1.52 bits per heavy atom. The first-order chi connectivity index (χ1) is 10.0. The normalized spacial score (nSPS) is 10.3. The van der Waals surface area contributed by atoms with Gasteiger partial charge in [-0.15, -0.1) is 0 Å². The summed E-state index contributed by atoms with van der Waals surface area (Å²) in [5.41, 5.74) is 0.589. The Hall–Kier alpha value is -2.35. The number of aliphatic carboxylic acids is 1. The summed E-state index contributed by atoms with van der Waals surface area (Å²) in [6.45, 7) is 3.21. The van der Waals surface area contributed by atoms with Crippen LogP contribution in [0.1, 0.15) is 0 Å². The molecule has 1 aromatic heterocycles. The number of aromatic nitrogens is 2. The molecule has 0 saturated carbocycles. The molecule has 0 unspecified atom stereocenters. The summed E-state index contributed by atoms with van der Waals surface area (Å²) in [6.07, 6.45) is 0.761. The molecule has 8 heteroatoms. The van der Waals surface area contributed by atoms with E-state index < -0.39 is 12.1 Å². The first kappa shape index (κ1) is 15.0. The second-order valence-corrected chi connectivity index (χ2v) is 4.99. The van der Waals surface area contributed by atoms with Crippen molar-refractivity contribution in [2.24, 2.45) is 0 Å². The summed E-state index contributed by atoms with van der Waals surface area (Å²) >= 11 is 3.32. The fourth-order valence-electron chi connectivity index (χ4n) is 1.76. The van der Waals surface area contributed by atoms with Crippen LogP contribution in [-0.4, -0.2) is 33.6 Å². The average molecular weight is 354 g/mol. The third kappa shape index (κ3) is 3.60. The van der Waals surface area contributed by atoms with Gasteiger partial charge in [0, 0.05) is 9.86 Å². The number of anilines is 1. The van der Waals surface area contributed by atoms with Crippen LogP contribution in [0.5, 0.6) is 0 Å². The van der Waals surface area contributed by atoms with Crippen molar-refractivity contribution in [3.8, 4) is 0 Å². The van der Waals surface area contributed by atoms with E-state index >= 15 is 0 Å². The Bertz CT molecular complexity index is 711. The minimum Gasteiger partial charge on any atom is -0.480 e. The van der Waals surface area contributed by atoms with E-state index in [1.54, 1.807) is 18.2 Å². The van der Waals surface area contributed by atoms with E-state index in [1.807, 2.05) is 0 Å². The highest BCUT2D eigenvalue weighted by atomic mass is 79.9. The first-order valence-electron chi connectivity index (χ1n) is 5.94. The van der Waals surface area contributed by atoms with Gasteiger partial charge in [-0.2, -0.15) is 5.10 Å². The first-order valence-corrected chi connectivity index (χ1v) is 6.73. The zero-order valence-corrected chi connectivity index (χ0v) is 12.5. The number of carbonyl (C=O) groups is 2. The van der Waals surface area contributed by atoms with Gasteiger partial charge >= 0.3 is 12.1 Å². The lowest BCUT2D eigenvalue weighted by Gasteiger charge is -2.02. The largest absolute Gasteiger partial charge is 0.480 e. The van der Waals surface area contributed by atoms with Crippen LogP contribution in [0.2, 0.25) is 0 Å². The maximum atomic E-state index is 11.6. The van der Waals surface area contributed by atoms with Crippen molar-refractivity contribution in [3.63, 3.8) is 0 Å². The number of benzene rings is 1. The van der Waals surface area contributed by atoms with Crippen molar-refractivity contribution >= 4 is 44.7 Å². The number of fused-ring (bicyclic) bond motifs is 1. The maximum absolute atomic E-state index is 11.6. The number of carboxylic acids is 1. The van der Waals surface area contributed by atoms with E-state index in [-0.39, 0.29) is 19.0 Å². The molecule has 0 spiro atoms. The molecule has 1 heterocycles. The molecule has 21 heavy (non-hydrogen) atoms. The van der Waals surface area contributed by atoms with Gasteiger partial charge in [-0.25, -0.2) is 4.79 Å². The molecule has 2 rings (SSSR count). The van der Waals surface area contributed by atoms with Gasteiger partial charge in [0.05, 0.1) is 5.52 Å². The van der Waals surface area contributed by atoms with E-state index in [1.165, 1.54) is 10.8 Å². The average Bonchev–Trinajstić information content (AvgIpc) is 2.73. The summed E-state index contributed by atoms with van der Waals surface area (Å²) in [5, 5.41) is 16.1. The molecule has 2 aromatic rings. The van der Waals surface area contributed by atoms with Crippen LogP contribution >= 0.6 is 15.9 Å². The summed E-state index contributed by atoms with van der Waals surface area (Å²) in [4.78, 5) is 22.4. The van der Waals surface area contributed by atoms with Crippen LogP contribution < -0.4 is 5.32 Å². The molecule has 0 aliphatic carbocycles. The van der Waals surface area contributed by atoms with Crippen molar-refractivity contribution in [1.29, 1.82) is 0 Å². The topological polar surface area (TPSA) is 93.5 Å². The zero-order valence-electron chi connectivity index (χ0n) is 10.9. The highest BCUT2D eigenvalue weighted by Gasteiger charge is 2.15. The van der Waals surface area contributed by atoms with Gasteiger partial charge in [0.1, 0.15) is 13.2 Å². The Kier molecular flexibility index (Phi) is 4.59. The number of ether oxygens (including phenoxy) is 1. The number of amides is 1. The molecule has 2 N–H and O–H groups in total. The number of carboxylic acid groups (broad SMARTS) is 1. The van der Waals surface area contributed by atoms with E-state index in [0.29, 0.717) is 10.9 Å². The van der Waals surface area contributed by atoms with Crippen LogP contribution in [0.3, 0.4) is 0 Å². The van der Waals surface area contributed by atoms with Crippen LogP contribution in [-0.2, 0) is 16.1 Å². The van der Waals surface area contributed by atoms with Crippen molar-refractivity contribution in [3.05, 3.63) is 35.3 Å². The molecule has 0 fully saturated rings. The molecule has 0 aliphatic rings. The predicted octanol–water partition coefficient (Wildman–Crippen LogP) is 2.62. The smallest absolute Gasteiger partial charge is 0.413 e. The van der Waals surface area contributed by atoms with Crippen LogP contribution in [0.4, 0.5) is 10.6 Å². The molecular formula is C13H12BrN3O4. The number of hydrogen-bond donors (Lipinski definition) is 2. The van der Waals surface area contributed by atoms with Gasteiger partial charge in [0.25, 0.3) is 0 Å². The Balaban J connectivity index is 2.37. The number of nitrogens with zero attached hydrogens (tertiary/aromatic N) is 2. The maximum Gasteiger partial charge on any atom is 0.413 e. The van der Waals surface area contributed by atoms with Crippen LogP contribution in [0.15, 0.2) is 35.3 Å². The number of rotatable bonds is 5. The Morgan fingerprint density at radius 3 is 2.95 bits per heavy atom. The quantitative estimate of drug-likeness (QED) is 0.805. The van der Waals surface area contributed by atoms with E-state index in [0.717, 1.165) is 4.47 Å². The van der Waals surface area contributed by atoms with E-state index in [2.05, 4.69) is 32.9 Å². The second-order valence-electron chi connectivity index (χ2n) is 4.07. The SMILES string of the molecule is C=CCOC(=O)Nc1nn(CC(=O)O)c2cc(Br)ccc12. The molecule has 1 aromatic carbocycles. The van der Waals surface area contributed by atoms with Gasteiger partial charge in [-0.3, -0.25) is 14.8 Å². The molecule has 7 nitrogen and oxygen atoms in total. The fraction of sp³-hybridized carbons (Fsp3) is 0.154.